The van der Waals surface area contributed by atoms with Crippen LogP contribution in [0.25, 0.3) is 0 Å². The Hall–Kier alpha value is -2.50. The Morgan fingerprint density at radius 2 is 1.84 bits per heavy atom. The first-order valence-corrected chi connectivity index (χ1v) is 5.67. The molecule has 100 valence electrons. The second-order valence-corrected chi connectivity index (χ2v) is 3.59. The van der Waals surface area contributed by atoms with Crippen molar-refractivity contribution in [3.05, 3.63) is 30.6 Å². The van der Waals surface area contributed by atoms with E-state index in [1.54, 1.807) is 20.2 Å². The first-order chi connectivity index (χ1) is 9.28. The third-order valence-electron chi connectivity index (χ3n) is 2.47. The summed E-state index contributed by atoms with van der Waals surface area (Å²) in [7, 11) is 4.89. The van der Waals surface area contributed by atoms with Crippen molar-refractivity contribution in [2.45, 2.75) is 0 Å². The van der Waals surface area contributed by atoms with E-state index in [0.29, 0.717) is 28.9 Å². The van der Waals surface area contributed by atoms with Gasteiger partial charge >= 0.3 is 0 Å². The Morgan fingerprint density at radius 3 is 2.53 bits per heavy atom. The van der Waals surface area contributed by atoms with Crippen LogP contribution < -0.4 is 19.5 Å². The summed E-state index contributed by atoms with van der Waals surface area (Å²) in [5, 5.41) is 2.91. The highest BCUT2D eigenvalue weighted by Crippen LogP contribution is 2.34. The van der Waals surface area contributed by atoms with Crippen molar-refractivity contribution >= 4 is 5.82 Å². The number of ether oxygens (including phenoxy) is 3. The Bertz CT molecular complexity index is 561. The zero-order chi connectivity index (χ0) is 13.7. The molecule has 1 aromatic carbocycles. The molecule has 6 nitrogen and oxygen atoms in total. The van der Waals surface area contributed by atoms with Gasteiger partial charge in [0.2, 0.25) is 5.75 Å². The summed E-state index contributed by atoms with van der Waals surface area (Å²) in [4.78, 5) is 8.12. The fraction of sp³-hybridized carbons (Fsp3) is 0.231. The fourth-order valence-electron chi connectivity index (χ4n) is 1.57. The van der Waals surface area contributed by atoms with Gasteiger partial charge in [0.1, 0.15) is 17.8 Å². The van der Waals surface area contributed by atoms with Crippen LogP contribution in [0.5, 0.6) is 23.1 Å². The molecular weight excluding hydrogens is 246 g/mol. The molecule has 2 aromatic rings. The molecule has 0 fully saturated rings. The first-order valence-electron chi connectivity index (χ1n) is 5.67. The molecule has 0 saturated heterocycles. The van der Waals surface area contributed by atoms with Crippen LogP contribution in [-0.2, 0) is 0 Å². The van der Waals surface area contributed by atoms with Crippen LogP contribution in [0.3, 0.4) is 0 Å². The van der Waals surface area contributed by atoms with E-state index < -0.39 is 0 Å². The van der Waals surface area contributed by atoms with Gasteiger partial charge in [-0.1, -0.05) is 6.07 Å². The molecule has 0 aliphatic rings. The van der Waals surface area contributed by atoms with Crippen molar-refractivity contribution < 1.29 is 14.2 Å². The third-order valence-corrected chi connectivity index (χ3v) is 2.47. The van der Waals surface area contributed by atoms with Crippen molar-refractivity contribution in [3.63, 3.8) is 0 Å². The molecule has 19 heavy (non-hydrogen) atoms. The van der Waals surface area contributed by atoms with Crippen LogP contribution in [0.2, 0.25) is 0 Å². The molecule has 0 aliphatic heterocycles. The summed E-state index contributed by atoms with van der Waals surface area (Å²) in [6, 6.07) is 7.24. The van der Waals surface area contributed by atoms with Crippen LogP contribution in [0.4, 0.5) is 5.82 Å². The van der Waals surface area contributed by atoms with Crippen LogP contribution in [0.1, 0.15) is 0 Å². The zero-order valence-electron chi connectivity index (χ0n) is 11.0. The average molecular weight is 261 g/mol. The van der Waals surface area contributed by atoms with Gasteiger partial charge in [0.05, 0.1) is 14.2 Å². The first kappa shape index (κ1) is 12.9. The van der Waals surface area contributed by atoms with Crippen molar-refractivity contribution in [1.82, 2.24) is 9.97 Å². The minimum atomic E-state index is 0.343. The molecule has 6 heteroatoms. The molecule has 0 radical (unpaired) electrons. The third kappa shape index (κ3) is 2.85. The van der Waals surface area contributed by atoms with E-state index in [2.05, 4.69) is 15.3 Å². The van der Waals surface area contributed by atoms with Crippen molar-refractivity contribution in [2.75, 3.05) is 26.6 Å². The van der Waals surface area contributed by atoms with Gasteiger partial charge in [-0.25, -0.2) is 4.98 Å². The van der Waals surface area contributed by atoms with Gasteiger partial charge in [-0.15, -0.1) is 0 Å². The number of benzene rings is 1. The number of nitrogens with one attached hydrogen (secondary N) is 1. The SMILES string of the molecule is CNc1ncnc(Oc2cccc(OC)c2)c1OC. The fourth-order valence-corrected chi connectivity index (χ4v) is 1.57. The summed E-state index contributed by atoms with van der Waals surface area (Å²) in [6.07, 6.45) is 1.41. The number of aromatic nitrogens is 2. The maximum absolute atomic E-state index is 5.69. The number of anilines is 1. The maximum atomic E-state index is 5.69. The monoisotopic (exact) mass is 261 g/mol. The van der Waals surface area contributed by atoms with E-state index in [1.807, 2.05) is 18.2 Å². The van der Waals surface area contributed by atoms with E-state index in [-0.39, 0.29) is 0 Å². The van der Waals surface area contributed by atoms with E-state index in [9.17, 15) is 0 Å². The largest absolute Gasteiger partial charge is 0.497 e. The van der Waals surface area contributed by atoms with E-state index in [1.165, 1.54) is 13.4 Å². The lowest BCUT2D eigenvalue weighted by Gasteiger charge is -2.12. The summed E-state index contributed by atoms with van der Waals surface area (Å²) in [5.74, 6) is 2.68. The summed E-state index contributed by atoms with van der Waals surface area (Å²) < 4.78 is 16.1. The standard InChI is InChI=1S/C13H15N3O3/c1-14-12-11(18-3)13(16-8-15-12)19-10-6-4-5-9(7-10)17-2/h4-8H,1-3H3,(H,14,15,16). The van der Waals surface area contributed by atoms with Gasteiger partial charge in [0.15, 0.2) is 5.82 Å². The van der Waals surface area contributed by atoms with Gasteiger partial charge in [0, 0.05) is 13.1 Å². The molecular formula is C13H15N3O3. The quantitative estimate of drug-likeness (QED) is 0.891. The van der Waals surface area contributed by atoms with Crippen molar-refractivity contribution in [3.8, 4) is 23.1 Å². The molecule has 0 aliphatic carbocycles. The maximum Gasteiger partial charge on any atom is 0.268 e. The molecule has 0 amide bonds. The Morgan fingerprint density at radius 1 is 1.05 bits per heavy atom. The Labute approximate surface area is 111 Å². The molecule has 1 heterocycles. The van der Waals surface area contributed by atoms with Gasteiger partial charge in [-0.2, -0.15) is 4.98 Å². The number of hydrogen-bond donors (Lipinski definition) is 1. The molecule has 1 N–H and O–H groups in total. The van der Waals surface area contributed by atoms with Crippen molar-refractivity contribution in [1.29, 1.82) is 0 Å². The average Bonchev–Trinajstić information content (AvgIpc) is 2.47. The van der Waals surface area contributed by atoms with Crippen LogP contribution in [-0.4, -0.2) is 31.2 Å². The van der Waals surface area contributed by atoms with Gasteiger partial charge in [0.25, 0.3) is 5.88 Å². The summed E-state index contributed by atoms with van der Waals surface area (Å²) >= 11 is 0. The Kier molecular flexibility index (Phi) is 4.02. The lowest BCUT2D eigenvalue weighted by molar-refractivity contribution is 0.366. The molecule has 0 bridgehead atoms. The minimum Gasteiger partial charge on any atom is -0.497 e. The van der Waals surface area contributed by atoms with E-state index in [0.717, 1.165) is 0 Å². The van der Waals surface area contributed by atoms with E-state index in [4.69, 9.17) is 14.2 Å². The second-order valence-electron chi connectivity index (χ2n) is 3.59. The van der Waals surface area contributed by atoms with Crippen LogP contribution >= 0.6 is 0 Å². The number of nitrogens with zero attached hydrogens (tertiary/aromatic N) is 2. The zero-order valence-corrected chi connectivity index (χ0v) is 11.0. The molecule has 1 aromatic heterocycles. The Balaban J connectivity index is 2.32. The molecule has 2 rings (SSSR count). The van der Waals surface area contributed by atoms with Gasteiger partial charge in [-0.05, 0) is 12.1 Å². The number of hydrogen-bond acceptors (Lipinski definition) is 6. The van der Waals surface area contributed by atoms with Gasteiger partial charge < -0.3 is 19.5 Å². The second kappa shape index (κ2) is 5.90. The smallest absolute Gasteiger partial charge is 0.268 e. The van der Waals surface area contributed by atoms with Crippen LogP contribution in [0.15, 0.2) is 30.6 Å². The highest BCUT2D eigenvalue weighted by Gasteiger charge is 2.13. The predicted molar refractivity (Wildman–Crippen MR) is 71.2 cm³/mol. The van der Waals surface area contributed by atoms with Crippen LogP contribution in [0, 0.1) is 0 Å². The summed E-state index contributed by atoms with van der Waals surface area (Å²) in [5.41, 5.74) is 0. The van der Waals surface area contributed by atoms with E-state index >= 15 is 0 Å². The topological polar surface area (TPSA) is 65.5 Å². The lowest BCUT2D eigenvalue weighted by atomic mass is 10.3. The molecule has 0 spiro atoms. The summed E-state index contributed by atoms with van der Waals surface area (Å²) in [6.45, 7) is 0. The highest BCUT2D eigenvalue weighted by atomic mass is 16.5. The van der Waals surface area contributed by atoms with Gasteiger partial charge in [-0.3, -0.25) is 0 Å². The number of rotatable bonds is 5. The lowest BCUT2D eigenvalue weighted by Crippen LogP contribution is -2.00. The highest BCUT2D eigenvalue weighted by molar-refractivity contribution is 5.55. The molecule has 0 saturated carbocycles. The van der Waals surface area contributed by atoms with Crippen molar-refractivity contribution in [2.24, 2.45) is 0 Å². The molecule has 0 atom stereocenters. The minimum absolute atomic E-state index is 0.343. The molecule has 0 unspecified atom stereocenters. The predicted octanol–water partition coefficient (Wildman–Crippen LogP) is 2.33. The number of methoxy groups -OCH3 is 2. The normalized spacial score (nSPS) is 9.84.